The van der Waals surface area contributed by atoms with Crippen LogP contribution in [0.5, 0.6) is 0 Å². The molecular formula is C33H68N2O4. The van der Waals surface area contributed by atoms with Crippen molar-refractivity contribution >= 4 is 5.97 Å². The fraction of sp³-hybridized carbons (Fsp3) is 0.970. The Morgan fingerprint density at radius 3 is 1.74 bits per heavy atom. The zero-order valence-corrected chi connectivity index (χ0v) is 26.5. The fourth-order valence-electron chi connectivity index (χ4n) is 4.78. The van der Waals surface area contributed by atoms with Crippen molar-refractivity contribution in [1.82, 2.24) is 10.6 Å². The van der Waals surface area contributed by atoms with E-state index in [-0.39, 0.29) is 12.1 Å². The number of unbranched alkanes of at least 4 members (excludes halogenated alkanes) is 14. The molecule has 0 aromatic carbocycles. The molecule has 0 saturated heterocycles. The van der Waals surface area contributed by atoms with Crippen LogP contribution in [0, 0.1) is 0 Å². The molecule has 0 aliphatic rings. The standard InChI is InChI=1S/C33H68N2O4/c1-4-7-9-11-14-18-23-32(24-19-15-12-10-8-5-2)39-33(36)25-20-16-13-17-21-26-35-28-30-38-31-37-29-22-27-34-6-3/h32,34-35H,4-31H2,1-3H3. The molecule has 0 aromatic rings. The van der Waals surface area contributed by atoms with E-state index in [0.29, 0.717) is 19.8 Å². The van der Waals surface area contributed by atoms with Crippen molar-refractivity contribution in [3.63, 3.8) is 0 Å². The molecule has 0 saturated carbocycles. The van der Waals surface area contributed by atoms with Gasteiger partial charge in [0.2, 0.25) is 0 Å². The summed E-state index contributed by atoms with van der Waals surface area (Å²) in [7, 11) is 0. The summed E-state index contributed by atoms with van der Waals surface area (Å²) in [5.41, 5.74) is 0. The minimum absolute atomic E-state index is 0.0280. The molecule has 0 fully saturated rings. The van der Waals surface area contributed by atoms with Gasteiger partial charge in [0, 0.05) is 13.0 Å². The van der Waals surface area contributed by atoms with Gasteiger partial charge in [-0.15, -0.1) is 0 Å². The maximum Gasteiger partial charge on any atom is 0.306 e. The van der Waals surface area contributed by atoms with Crippen LogP contribution in [0.15, 0.2) is 0 Å². The first-order chi connectivity index (χ1) is 19.2. The number of ether oxygens (including phenoxy) is 3. The monoisotopic (exact) mass is 557 g/mol. The number of hydrogen-bond acceptors (Lipinski definition) is 6. The molecule has 39 heavy (non-hydrogen) atoms. The Labute approximate surface area is 243 Å². The van der Waals surface area contributed by atoms with Crippen molar-refractivity contribution in [3.8, 4) is 0 Å². The van der Waals surface area contributed by atoms with E-state index >= 15 is 0 Å². The first kappa shape index (κ1) is 38.3. The third kappa shape index (κ3) is 31.7. The molecule has 0 rings (SSSR count). The van der Waals surface area contributed by atoms with Crippen LogP contribution in [0.4, 0.5) is 0 Å². The predicted molar refractivity (Wildman–Crippen MR) is 166 cm³/mol. The Kier molecular flexibility index (Phi) is 32.9. The van der Waals surface area contributed by atoms with Crippen molar-refractivity contribution in [2.45, 2.75) is 162 Å². The highest BCUT2D eigenvalue weighted by Crippen LogP contribution is 2.18. The second kappa shape index (κ2) is 33.5. The maximum absolute atomic E-state index is 12.5. The van der Waals surface area contributed by atoms with Crippen molar-refractivity contribution in [2.24, 2.45) is 0 Å². The normalized spacial score (nSPS) is 11.5. The van der Waals surface area contributed by atoms with E-state index < -0.39 is 0 Å². The highest BCUT2D eigenvalue weighted by molar-refractivity contribution is 5.69. The highest BCUT2D eigenvalue weighted by atomic mass is 16.7. The molecule has 0 aliphatic heterocycles. The number of rotatable bonds is 33. The van der Waals surface area contributed by atoms with E-state index in [1.54, 1.807) is 0 Å². The summed E-state index contributed by atoms with van der Waals surface area (Å²) in [4.78, 5) is 12.5. The summed E-state index contributed by atoms with van der Waals surface area (Å²) in [6, 6.07) is 0. The van der Waals surface area contributed by atoms with E-state index in [4.69, 9.17) is 14.2 Å². The Balaban J connectivity index is 3.72. The van der Waals surface area contributed by atoms with Crippen LogP contribution < -0.4 is 10.6 Å². The molecule has 0 atom stereocenters. The lowest BCUT2D eigenvalue weighted by Crippen LogP contribution is -2.21. The van der Waals surface area contributed by atoms with Gasteiger partial charge in [0.05, 0.1) is 13.2 Å². The molecule has 0 aliphatic carbocycles. The van der Waals surface area contributed by atoms with Crippen molar-refractivity contribution in [2.75, 3.05) is 46.2 Å². The van der Waals surface area contributed by atoms with E-state index in [9.17, 15) is 4.79 Å². The molecule has 0 heterocycles. The quantitative estimate of drug-likeness (QED) is 0.0481. The molecule has 0 spiro atoms. The van der Waals surface area contributed by atoms with Gasteiger partial charge in [-0.25, -0.2) is 0 Å². The lowest BCUT2D eigenvalue weighted by Gasteiger charge is -2.18. The Morgan fingerprint density at radius 1 is 0.564 bits per heavy atom. The van der Waals surface area contributed by atoms with Gasteiger partial charge in [0.1, 0.15) is 12.9 Å². The Bertz CT molecular complexity index is 463. The third-order valence-corrected chi connectivity index (χ3v) is 7.27. The smallest absolute Gasteiger partial charge is 0.306 e. The fourth-order valence-corrected chi connectivity index (χ4v) is 4.78. The highest BCUT2D eigenvalue weighted by Gasteiger charge is 2.14. The minimum atomic E-state index is 0.0280. The number of esters is 1. The first-order valence-electron chi connectivity index (χ1n) is 17.0. The largest absolute Gasteiger partial charge is 0.462 e. The summed E-state index contributed by atoms with van der Waals surface area (Å²) in [6.45, 7) is 12.4. The van der Waals surface area contributed by atoms with Gasteiger partial charge in [-0.05, 0) is 64.6 Å². The molecule has 0 radical (unpaired) electrons. The zero-order chi connectivity index (χ0) is 28.5. The zero-order valence-electron chi connectivity index (χ0n) is 26.5. The summed E-state index contributed by atoms with van der Waals surface area (Å²) < 4.78 is 16.9. The van der Waals surface area contributed by atoms with Gasteiger partial charge in [-0.2, -0.15) is 0 Å². The van der Waals surface area contributed by atoms with Gasteiger partial charge in [-0.1, -0.05) is 104 Å². The van der Waals surface area contributed by atoms with Crippen molar-refractivity contribution < 1.29 is 19.0 Å². The van der Waals surface area contributed by atoms with E-state index in [2.05, 4.69) is 31.4 Å². The first-order valence-corrected chi connectivity index (χ1v) is 17.0. The molecule has 0 amide bonds. The molecule has 2 N–H and O–H groups in total. The SMILES string of the molecule is CCCCCCCCC(CCCCCCCC)OC(=O)CCCCCCCNCCOCOCCCNCC. The minimum Gasteiger partial charge on any atom is -0.462 e. The number of carbonyl (C=O) groups excluding carboxylic acids is 1. The van der Waals surface area contributed by atoms with Crippen LogP contribution in [-0.2, 0) is 19.0 Å². The second-order valence-electron chi connectivity index (χ2n) is 11.1. The predicted octanol–water partition coefficient (Wildman–Crippen LogP) is 8.32. The van der Waals surface area contributed by atoms with Crippen LogP contribution >= 0.6 is 0 Å². The van der Waals surface area contributed by atoms with Gasteiger partial charge in [0.25, 0.3) is 0 Å². The number of nitrogens with one attached hydrogen (secondary N) is 2. The van der Waals surface area contributed by atoms with Gasteiger partial charge in [-0.3, -0.25) is 4.79 Å². The van der Waals surface area contributed by atoms with Crippen LogP contribution in [0.25, 0.3) is 0 Å². The van der Waals surface area contributed by atoms with Gasteiger partial charge < -0.3 is 24.8 Å². The molecule has 0 aromatic heterocycles. The summed E-state index contributed by atoms with van der Waals surface area (Å²) in [6.07, 6.45) is 25.0. The van der Waals surface area contributed by atoms with Crippen molar-refractivity contribution in [3.05, 3.63) is 0 Å². The topological polar surface area (TPSA) is 68.8 Å². The van der Waals surface area contributed by atoms with E-state index in [1.165, 1.54) is 96.3 Å². The molecule has 0 bridgehead atoms. The average Bonchev–Trinajstić information content (AvgIpc) is 2.94. The molecule has 6 heteroatoms. The van der Waals surface area contributed by atoms with Gasteiger partial charge in [0.15, 0.2) is 0 Å². The Hall–Kier alpha value is -0.690. The lowest BCUT2D eigenvalue weighted by atomic mass is 10.0. The molecular weight excluding hydrogens is 488 g/mol. The van der Waals surface area contributed by atoms with Crippen LogP contribution in [-0.4, -0.2) is 58.3 Å². The summed E-state index contributed by atoms with van der Waals surface area (Å²) >= 11 is 0. The molecule has 6 nitrogen and oxygen atoms in total. The lowest BCUT2D eigenvalue weighted by molar-refractivity contribution is -0.150. The third-order valence-electron chi connectivity index (χ3n) is 7.27. The molecule has 0 unspecified atom stereocenters. The average molecular weight is 557 g/mol. The second-order valence-corrected chi connectivity index (χ2v) is 11.1. The van der Waals surface area contributed by atoms with Crippen LogP contribution in [0.3, 0.4) is 0 Å². The van der Waals surface area contributed by atoms with Crippen LogP contribution in [0.2, 0.25) is 0 Å². The van der Waals surface area contributed by atoms with Crippen LogP contribution in [0.1, 0.15) is 156 Å². The molecule has 234 valence electrons. The van der Waals surface area contributed by atoms with E-state index in [0.717, 1.165) is 64.9 Å². The number of hydrogen-bond donors (Lipinski definition) is 2. The summed E-state index contributed by atoms with van der Waals surface area (Å²) in [5.74, 6) is 0.0280. The maximum atomic E-state index is 12.5. The Morgan fingerprint density at radius 2 is 1.10 bits per heavy atom. The number of carbonyl (C=O) groups is 1. The van der Waals surface area contributed by atoms with Crippen molar-refractivity contribution in [1.29, 1.82) is 0 Å². The summed E-state index contributed by atoms with van der Waals surface area (Å²) in [5, 5.41) is 6.71. The van der Waals surface area contributed by atoms with Gasteiger partial charge >= 0.3 is 5.97 Å². The van der Waals surface area contributed by atoms with E-state index in [1.807, 2.05) is 0 Å².